The van der Waals surface area contributed by atoms with Gasteiger partial charge in [-0.2, -0.15) is 0 Å². The maximum atomic E-state index is 11.4. The summed E-state index contributed by atoms with van der Waals surface area (Å²) in [6.07, 6.45) is -1.13. The minimum Gasteiger partial charge on any atom is -0.461 e. The zero-order chi connectivity index (χ0) is 16.1. The Morgan fingerprint density at radius 2 is 1.85 bits per heavy atom. The first kappa shape index (κ1) is 19.3. The number of nitrogens with one attached hydrogen (secondary N) is 1. The molecule has 20 heavy (non-hydrogen) atoms. The molecule has 0 bridgehead atoms. The highest BCUT2D eigenvalue weighted by Crippen LogP contribution is 2.37. The average molecular weight is 303 g/mol. The largest absolute Gasteiger partial charge is 0.461 e. The Hall–Kier alpha value is -0.723. The maximum Gasteiger partial charge on any atom is 0.354 e. The van der Waals surface area contributed by atoms with Crippen molar-refractivity contribution in [3.63, 3.8) is 0 Å². The van der Waals surface area contributed by atoms with E-state index in [2.05, 4.69) is 33.9 Å². The summed E-state index contributed by atoms with van der Waals surface area (Å²) in [5.74, 6) is -0.764. The molecular weight excluding hydrogens is 274 g/mol. The lowest BCUT2D eigenvalue weighted by Crippen LogP contribution is -2.44. The third kappa shape index (κ3) is 5.72. The van der Waals surface area contributed by atoms with Gasteiger partial charge in [-0.05, 0) is 32.0 Å². The maximum absolute atomic E-state index is 11.4. The van der Waals surface area contributed by atoms with Gasteiger partial charge in [-0.3, -0.25) is 5.41 Å². The Kier molecular flexibility index (Phi) is 7.07. The smallest absolute Gasteiger partial charge is 0.354 e. The number of esters is 1. The van der Waals surface area contributed by atoms with Gasteiger partial charge in [0.25, 0.3) is 0 Å². The van der Waals surface area contributed by atoms with Crippen molar-refractivity contribution in [3.05, 3.63) is 0 Å². The second-order valence-electron chi connectivity index (χ2n) is 6.57. The van der Waals surface area contributed by atoms with E-state index in [-0.39, 0.29) is 24.2 Å². The predicted octanol–water partition coefficient (Wildman–Crippen LogP) is 2.73. The van der Waals surface area contributed by atoms with Crippen molar-refractivity contribution < 1.29 is 19.1 Å². The predicted molar refractivity (Wildman–Crippen MR) is 82.7 cm³/mol. The van der Waals surface area contributed by atoms with Crippen LogP contribution in [0, 0.1) is 5.41 Å². The van der Waals surface area contributed by atoms with Gasteiger partial charge >= 0.3 is 5.97 Å². The number of rotatable bonds is 7. The number of carbonyl (C=O) groups is 1. The van der Waals surface area contributed by atoms with Crippen LogP contribution in [0.15, 0.2) is 0 Å². The minimum atomic E-state index is -1.91. The zero-order valence-electron chi connectivity index (χ0n) is 13.7. The molecular formula is C14H29NO4Si. The molecule has 0 aromatic heterocycles. The van der Waals surface area contributed by atoms with Gasteiger partial charge in [-0.1, -0.05) is 20.8 Å². The molecule has 2 atom stereocenters. The van der Waals surface area contributed by atoms with Crippen LogP contribution in [0.4, 0.5) is 0 Å². The molecule has 0 aromatic carbocycles. The van der Waals surface area contributed by atoms with E-state index in [0.717, 1.165) is 0 Å². The average Bonchev–Trinajstić information content (AvgIpc) is 2.25. The normalized spacial score (nSPS) is 15.6. The molecule has 2 N–H and O–H groups in total. The molecule has 0 amide bonds. The molecule has 6 heteroatoms. The van der Waals surface area contributed by atoms with E-state index in [1.807, 2.05) is 6.92 Å². The fourth-order valence-electron chi connectivity index (χ4n) is 1.50. The van der Waals surface area contributed by atoms with Crippen molar-refractivity contribution in [1.29, 1.82) is 5.41 Å². The van der Waals surface area contributed by atoms with Gasteiger partial charge in [0, 0.05) is 12.5 Å². The van der Waals surface area contributed by atoms with Gasteiger partial charge in [0.1, 0.15) is 11.8 Å². The van der Waals surface area contributed by atoms with Gasteiger partial charge < -0.3 is 14.3 Å². The Morgan fingerprint density at radius 3 is 2.25 bits per heavy atom. The molecule has 0 rings (SSSR count). The summed E-state index contributed by atoms with van der Waals surface area (Å²) in [7, 11) is -1.91. The van der Waals surface area contributed by atoms with Crippen LogP contribution in [-0.4, -0.2) is 43.9 Å². The van der Waals surface area contributed by atoms with Crippen LogP contribution >= 0.6 is 0 Å². The minimum absolute atomic E-state index is 0.0842. The quantitative estimate of drug-likeness (QED) is 0.430. The summed E-state index contributed by atoms with van der Waals surface area (Å²) < 4.78 is 10.8. The summed E-state index contributed by atoms with van der Waals surface area (Å²) in [5, 5.41) is 17.6. The lowest BCUT2D eigenvalue weighted by molar-refractivity contribution is -0.135. The highest BCUT2D eigenvalue weighted by molar-refractivity contribution is 6.74. The van der Waals surface area contributed by atoms with E-state index in [1.54, 1.807) is 6.92 Å². The van der Waals surface area contributed by atoms with E-state index >= 15 is 0 Å². The molecule has 0 saturated heterocycles. The fourth-order valence-corrected chi connectivity index (χ4v) is 2.96. The van der Waals surface area contributed by atoms with Crippen molar-refractivity contribution in [2.75, 3.05) is 6.61 Å². The van der Waals surface area contributed by atoms with Crippen LogP contribution < -0.4 is 0 Å². The summed E-state index contributed by atoms with van der Waals surface area (Å²) >= 11 is 0. The standard InChI is InChI=1S/C14H29NO4Si/c1-8-18-13(17)12(15)11(16)9-10(2)19-20(6,7)14(3,4)5/h10-11,15-16H,8-9H2,1-7H3/t10-,11?/m1/s1. The van der Waals surface area contributed by atoms with E-state index < -0.39 is 26.1 Å². The van der Waals surface area contributed by atoms with Crippen molar-refractivity contribution in [3.8, 4) is 0 Å². The van der Waals surface area contributed by atoms with E-state index in [1.165, 1.54) is 0 Å². The first-order chi connectivity index (χ1) is 8.92. The number of carbonyl (C=O) groups excluding carboxylic acids is 1. The third-order valence-corrected chi connectivity index (χ3v) is 8.29. The lowest BCUT2D eigenvalue weighted by Gasteiger charge is -2.38. The molecule has 118 valence electrons. The van der Waals surface area contributed by atoms with Crippen LogP contribution in [0.25, 0.3) is 0 Å². The molecule has 0 aliphatic carbocycles. The second kappa shape index (κ2) is 7.33. The zero-order valence-corrected chi connectivity index (χ0v) is 14.7. The van der Waals surface area contributed by atoms with Crippen molar-refractivity contribution >= 4 is 20.0 Å². The Morgan fingerprint density at radius 1 is 1.35 bits per heavy atom. The highest BCUT2D eigenvalue weighted by Gasteiger charge is 2.39. The van der Waals surface area contributed by atoms with Crippen LogP contribution in [-0.2, 0) is 14.0 Å². The van der Waals surface area contributed by atoms with Crippen LogP contribution in [0.5, 0.6) is 0 Å². The lowest BCUT2D eigenvalue weighted by atomic mass is 10.1. The van der Waals surface area contributed by atoms with E-state index in [0.29, 0.717) is 0 Å². The van der Waals surface area contributed by atoms with Crippen LogP contribution in [0.3, 0.4) is 0 Å². The van der Waals surface area contributed by atoms with Crippen LogP contribution in [0.1, 0.15) is 41.0 Å². The number of hydrogen-bond donors (Lipinski definition) is 2. The van der Waals surface area contributed by atoms with Crippen molar-refractivity contribution in [1.82, 2.24) is 0 Å². The summed E-state index contributed by atoms with van der Waals surface area (Å²) in [6, 6.07) is 0. The third-order valence-electron chi connectivity index (χ3n) is 3.69. The fraction of sp³-hybridized carbons (Fsp3) is 0.857. The second-order valence-corrected chi connectivity index (χ2v) is 11.3. The number of aliphatic hydroxyl groups is 1. The first-order valence-electron chi connectivity index (χ1n) is 7.03. The molecule has 0 radical (unpaired) electrons. The highest BCUT2D eigenvalue weighted by atomic mass is 28.4. The molecule has 0 aliphatic heterocycles. The molecule has 0 fully saturated rings. The molecule has 0 aliphatic rings. The topological polar surface area (TPSA) is 79.6 Å². The molecule has 0 spiro atoms. The molecule has 0 heterocycles. The SMILES string of the molecule is CCOC(=O)C(=N)C(O)C[C@@H](C)O[Si](C)(C)C(C)(C)C. The number of ether oxygens (including phenoxy) is 1. The Bertz CT molecular complexity index is 350. The van der Waals surface area contributed by atoms with Gasteiger partial charge in [0.15, 0.2) is 8.32 Å². The Labute approximate surface area is 123 Å². The molecule has 1 unspecified atom stereocenters. The summed E-state index contributed by atoms with van der Waals surface area (Å²) in [6.45, 7) is 14.4. The molecule has 5 nitrogen and oxygen atoms in total. The van der Waals surface area contributed by atoms with Gasteiger partial charge in [0.05, 0.1) is 6.61 Å². The monoisotopic (exact) mass is 303 g/mol. The first-order valence-corrected chi connectivity index (χ1v) is 9.94. The Balaban J connectivity index is 4.51. The van der Waals surface area contributed by atoms with Crippen molar-refractivity contribution in [2.45, 2.75) is 71.4 Å². The van der Waals surface area contributed by atoms with Crippen molar-refractivity contribution in [2.24, 2.45) is 0 Å². The van der Waals surface area contributed by atoms with E-state index in [9.17, 15) is 9.90 Å². The summed E-state index contributed by atoms with van der Waals surface area (Å²) in [5.41, 5.74) is -0.405. The molecule has 0 aromatic rings. The molecule has 0 saturated carbocycles. The number of aliphatic hydroxyl groups excluding tert-OH is 1. The van der Waals surface area contributed by atoms with Gasteiger partial charge in [-0.25, -0.2) is 4.79 Å². The van der Waals surface area contributed by atoms with Crippen LogP contribution in [0.2, 0.25) is 18.1 Å². The van der Waals surface area contributed by atoms with Gasteiger partial charge in [-0.15, -0.1) is 0 Å². The van der Waals surface area contributed by atoms with E-state index in [4.69, 9.17) is 14.6 Å². The van der Waals surface area contributed by atoms with Gasteiger partial charge in [0.2, 0.25) is 0 Å². The summed E-state index contributed by atoms with van der Waals surface area (Å²) in [4.78, 5) is 11.4. The number of hydrogen-bond acceptors (Lipinski definition) is 5.